The molecule has 1 aromatic rings. The zero-order valence-corrected chi connectivity index (χ0v) is 23.5. The number of hydrogen-bond acceptors (Lipinski definition) is 6. The summed E-state index contributed by atoms with van der Waals surface area (Å²) in [4.78, 5) is 22.7. The average molecular weight is 500 g/mol. The number of carbonyl (C=O) groups excluding carboxylic acids is 1. The molecule has 1 aromatic heterocycles. The summed E-state index contributed by atoms with van der Waals surface area (Å²) >= 11 is 5.20. The van der Waals surface area contributed by atoms with E-state index in [2.05, 4.69) is 43.0 Å². The van der Waals surface area contributed by atoms with Gasteiger partial charge in [-0.25, -0.2) is 9.97 Å². The average Bonchev–Trinajstić information content (AvgIpc) is 2.77. The highest BCUT2D eigenvalue weighted by atomic mass is 32.2. The fraction of sp³-hybridized carbons (Fsp3) is 0.800. The number of hydrogen-bond donors (Lipinski definition) is 1. The van der Waals surface area contributed by atoms with Crippen LogP contribution in [0.1, 0.15) is 104 Å². The molecule has 0 saturated carbocycles. The van der Waals surface area contributed by atoms with Crippen LogP contribution in [0.15, 0.2) is 10.1 Å². The Hall–Kier alpha value is -0.400. The standard InChI is InChI=1S/C25H45N3OS3/c1-6-10-12-14-15-16-18-21(32-19-17-13-11-7-2)23(29)28-22-24(30-8-3)26-20(5)27-25(22)31-9-4/h21H,6-19H2,1-5H3,(H,28,29). The molecule has 184 valence electrons. The Labute approximate surface area is 210 Å². The third-order valence-corrected chi connectivity index (χ3v) is 8.29. The second kappa shape index (κ2) is 19.0. The van der Waals surface area contributed by atoms with Crippen LogP contribution in [-0.4, -0.2) is 38.4 Å². The monoisotopic (exact) mass is 499 g/mol. The predicted octanol–water partition coefficient (Wildman–Crippen LogP) is 8.38. The van der Waals surface area contributed by atoms with Gasteiger partial charge in [-0.3, -0.25) is 4.79 Å². The van der Waals surface area contributed by atoms with Crippen molar-refractivity contribution in [1.29, 1.82) is 0 Å². The summed E-state index contributed by atoms with van der Waals surface area (Å²) in [5.74, 6) is 3.79. The lowest BCUT2D eigenvalue weighted by Crippen LogP contribution is -2.27. The number of amides is 1. The highest BCUT2D eigenvalue weighted by molar-refractivity contribution is 8.00. The van der Waals surface area contributed by atoms with Crippen LogP contribution in [0.5, 0.6) is 0 Å². The van der Waals surface area contributed by atoms with Crippen LogP contribution in [0.3, 0.4) is 0 Å². The number of nitrogens with zero attached hydrogens (tertiary/aromatic N) is 2. The first-order chi connectivity index (χ1) is 15.6. The Balaban J connectivity index is 2.85. The lowest BCUT2D eigenvalue weighted by molar-refractivity contribution is -0.115. The summed E-state index contributed by atoms with van der Waals surface area (Å²) in [6.07, 6.45) is 13.5. The molecule has 0 spiro atoms. The van der Waals surface area contributed by atoms with Crippen molar-refractivity contribution in [3.8, 4) is 0 Å². The molecule has 1 unspecified atom stereocenters. The minimum atomic E-state index is 0.00283. The Morgan fingerprint density at radius 3 is 1.91 bits per heavy atom. The van der Waals surface area contributed by atoms with Crippen LogP contribution < -0.4 is 5.32 Å². The molecule has 0 bridgehead atoms. The van der Waals surface area contributed by atoms with Crippen molar-refractivity contribution in [3.63, 3.8) is 0 Å². The van der Waals surface area contributed by atoms with E-state index in [9.17, 15) is 4.79 Å². The Kier molecular flexibility index (Phi) is 17.6. The van der Waals surface area contributed by atoms with Gasteiger partial charge in [0, 0.05) is 0 Å². The van der Waals surface area contributed by atoms with Crippen molar-refractivity contribution in [2.75, 3.05) is 22.6 Å². The maximum Gasteiger partial charge on any atom is 0.237 e. The van der Waals surface area contributed by atoms with Crippen LogP contribution in [0, 0.1) is 6.92 Å². The maximum atomic E-state index is 13.4. The van der Waals surface area contributed by atoms with Crippen LogP contribution in [0.2, 0.25) is 0 Å². The van der Waals surface area contributed by atoms with Gasteiger partial charge in [0.25, 0.3) is 0 Å². The molecule has 1 rings (SSSR count). The topological polar surface area (TPSA) is 54.9 Å². The van der Waals surface area contributed by atoms with Gasteiger partial charge in [-0.05, 0) is 37.0 Å². The zero-order valence-electron chi connectivity index (χ0n) is 21.0. The largest absolute Gasteiger partial charge is 0.321 e. The summed E-state index contributed by atoms with van der Waals surface area (Å²) in [6, 6.07) is 0. The van der Waals surface area contributed by atoms with E-state index in [-0.39, 0.29) is 11.2 Å². The summed E-state index contributed by atoms with van der Waals surface area (Å²) < 4.78 is 0. The minimum Gasteiger partial charge on any atom is -0.321 e. The quantitative estimate of drug-likeness (QED) is 0.117. The van der Waals surface area contributed by atoms with Crippen molar-refractivity contribution in [3.05, 3.63) is 5.82 Å². The van der Waals surface area contributed by atoms with Gasteiger partial charge < -0.3 is 5.32 Å². The van der Waals surface area contributed by atoms with Crippen molar-refractivity contribution in [2.24, 2.45) is 0 Å². The van der Waals surface area contributed by atoms with Crippen molar-refractivity contribution in [1.82, 2.24) is 9.97 Å². The van der Waals surface area contributed by atoms with Gasteiger partial charge in [-0.1, -0.05) is 85.5 Å². The molecule has 0 aliphatic heterocycles. The molecule has 0 saturated heterocycles. The van der Waals surface area contributed by atoms with Crippen LogP contribution in [0.25, 0.3) is 0 Å². The Morgan fingerprint density at radius 2 is 1.34 bits per heavy atom. The zero-order chi connectivity index (χ0) is 23.6. The lowest BCUT2D eigenvalue weighted by atomic mass is 10.1. The summed E-state index contributed by atoms with van der Waals surface area (Å²) in [6.45, 7) is 10.7. The fourth-order valence-electron chi connectivity index (χ4n) is 3.47. The van der Waals surface area contributed by atoms with Gasteiger partial charge in [0.1, 0.15) is 21.6 Å². The summed E-state index contributed by atoms with van der Waals surface area (Å²) in [7, 11) is 0. The molecular formula is C25H45N3OS3. The number of thioether (sulfide) groups is 3. The maximum absolute atomic E-state index is 13.4. The molecule has 0 aliphatic rings. The first-order valence-electron chi connectivity index (χ1n) is 12.6. The lowest BCUT2D eigenvalue weighted by Gasteiger charge is -2.19. The number of aromatic nitrogens is 2. The van der Waals surface area contributed by atoms with Crippen molar-refractivity contribution in [2.45, 2.75) is 121 Å². The van der Waals surface area contributed by atoms with Gasteiger partial charge in [0.2, 0.25) is 5.91 Å². The number of rotatable bonds is 19. The first kappa shape index (κ1) is 29.6. The molecule has 1 N–H and O–H groups in total. The molecule has 0 radical (unpaired) electrons. The Morgan fingerprint density at radius 1 is 0.812 bits per heavy atom. The summed E-state index contributed by atoms with van der Waals surface area (Å²) in [5, 5.41) is 5.06. The third-order valence-electron chi connectivity index (χ3n) is 5.19. The molecule has 1 atom stereocenters. The molecule has 4 nitrogen and oxygen atoms in total. The van der Waals surface area contributed by atoms with E-state index in [0.717, 1.165) is 51.7 Å². The molecular weight excluding hydrogens is 454 g/mol. The molecule has 32 heavy (non-hydrogen) atoms. The van der Waals surface area contributed by atoms with E-state index in [0.29, 0.717) is 0 Å². The smallest absolute Gasteiger partial charge is 0.237 e. The Bertz CT molecular complexity index is 616. The van der Waals surface area contributed by atoms with Gasteiger partial charge in [0.15, 0.2) is 0 Å². The van der Waals surface area contributed by atoms with E-state index in [1.807, 2.05) is 18.7 Å². The SMILES string of the molecule is CCCCCCCCC(SCCCCCC)C(=O)Nc1c(SCC)nc(C)nc1SCC. The van der Waals surface area contributed by atoms with E-state index in [1.165, 1.54) is 57.8 Å². The number of nitrogens with one attached hydrogen (secondary N) is 1. The van der Waals surface area contributed by atoms with Crippen molar-refractivity contribution < 1.29 is 4.79 Å². The number of aryl methyl sites for hydroxylation is 1. The van der Waals surface area contributed by atoms with E-state index in [4.69, 9.17) is 0 Å². The van der Waals surface area contributed by atoms with E-state index < -0.39 is 0 Å². The highest BCUT2D eigenvalue weighted by Gasteiger charge is 2.23. The first-order valence-corrected chi connectivity index (χ1v) is 15.7. The van der Waals surface area contributed by atoms with Gasteiger partial charge in [0.05, 0.1) is 5.25 Å². The van der Waals surface area contributed by atoms with Gasteiger partial charge in [-0.2, -0.15) is 0 Å². The van der Waals surface area contributed by atoms with E-state index in [1.54, 1.807) is 23.5 Å². The van der Waals surface area contributed by atoms with Crippen LogP contribution in [0.4, 0.5) is 5.69 Å². The predicted molar refractivity (Wildman–Crippen MR) is 147 cm³/mol. The van der Waals surface area contributed by atoms with Crippen molar-refractivity contribution >= 4 is 46.9 Å². The number of anilines is 1. The number of unbranched alkanes of at least 4 members (excludes halogenated alkanes) is 8. The second-order valence-corrected chi connectivity index (χ2v) is 11.9. The molecule has 7 heteroatoms. The number of carbonyl (C=O) groups is 1. The van der Waals surface area contributed by atoms with Crippen LogP contribution in [-0.2, 0) is 4.79 Å². The fourth-order valence-corrected chi connectivity index (χ4v) is 6.26. The normalized spacial score (nSPS) is 12.2. The second-order valence-electron chi connectivity index (χ2n) is 8.09. The molecule has 0 aromatic carbocycles. The van der Waals surface area contributed by atoms with E-state index >= 15 is 0 Å². The summed E-state index contributed by atoms with van der Waals surface area (Å²) in [5.41, 5.74) is 0.818. The molecule has 1 amide bonds. The van der Waals surface area contributed by atoms with Crippen LogP contribution >= 0.6 is 35.3 Å². The molecule has 0 fully saturated rings. The highest BCUT2D eigenvalue weighted by Crippen LogP contribution is 2.34. The van der Waals surface area contributed by atoms with Gasteiger partial charge >= 0.3 is 0 Å². The molecule has 1 heterocycles. The minimum absolute atomic E-state index is 0.00283. The van der Waals surface area contributed by atoms with Gasteiger partial charge in [-0.15, -0.1) is 35.3 Å². The molecule has 0 aliphatic carbocycles. The third kappa shape index (κ3) is 12.2.